The van der Waals surface area contributed by atoms with Gasteiger partial charge in [0.15, 0.2) is 17.5 Å². The number of amides is 2. The van der Waals surface area contributed by atoms with Gasteiger partial charge < -0.3 is 5.11 Å². The number of carboxylic acids is 1. The van der Waals surface area contributed by atoms with Gasteiger partial charge in [0, 0.05) is 5.56 Å². The molecule has 0 aromatic heterocycles. The predicted molar refractivity (Wildman–Crippen MR) is 96.3 cm³/mol. The zero-order valence-corrected chi connectivity index (χ0v) is 14.4. The van der Waals surface area contributed by atoms with Crippen LogP contribution in [0, 0.1) is 17.5 Å². The summed E-state index contributed by atoms with van der Waals surface area (Å²) < 4.78 is 41.1. The van der Waals surface area contributed by atoms with Crippen molar-refractivity contribution in [2.75, 3.05) is 4.90 Å². The molecular formula is C21H10F3NO4. The normalized spacial score (nSPS) is 13.0. The Morgan fingerprint density at radius 1 is 0.793 bits per heavy atom. The smallest absolute Gasteiger partial charge is 0.337 e. The van der Waals surface area contributed by atoms with E-state index in [-0.39, 0.29) is 33.5 Å². The molecule has 29 heavy (non-hydrogen) atoms. The number of rotatable bonds is 3. The van der Waals surface area contributed by atoms with Crippen molar-refractivity contribution in [3.63, 3.8) is 0 Å². The summed E-state index contributed by atoms with van der Waals surface area (Å²) >= 11 is 0. The van der Waals surface area contributed by atoms with Crippen LogP contribution in [0.5, 0.6) is 0 Å². The number of anilines is 1. The van der Waals surface area contributed by atoms with Gasteiger partial charge in [-0.1, -0.05) is 18.2 Å². The Balaban J connectivity index is 1.91. The number of carboxylic acid groups (broad SMARTS) is 1. The Morgan fingerprint density at radius 2 is 1.41 bits per heavy atom. The minimum absolute atomic E-state index is 0.0297. The van der Waals surface area contributed by atoms with Crippen LogP contribution in [-0.2, 0) is 0 Å². The average molecular weight is 397 g/mol. The highest BCUT2D eigenvalue weighted by atomic mass is 19.2. The van der Waals surface area contributed by atoms with Gasteiger partial charge in [-0.15, -0.1) is 0 Å². The van der Waals surface area contributed by atoms with Gasteiger partial charge in [0.25, 0.3) is 11.8 Å². The summed E-state index contributed by atoms with van der Waals surface area (Å²) in [5, 5.41) is 9.48. The predicted octanol–water partition coefficient (Wildman–Crippen LogP) is 4.27. The minimum Gasteiger partial charge on any atom is -0.478 e. The standard InChI is InChI=1S/C21H10F3NO4/c22-15-8-7-11(17(23)18(15)24)10-5-6-14(21(28)29)16(9-10)25-19(26)12-3-1-2-4-13(12)20(25)27/h1-9H,(H,28,29). The highest BCUT2D eigenvalue weighted by Gasteiger charge is 2.38. The van der Waals surface area contributed by atoms with Crippen molar-refractivity contribution >= 4 is 23.5 Å². The topological polar surface area (TPSA) is 74.7 Å². The number of hydrogen-bond donors (Lipinski definition) is 1. The van der Waals surface area contributed by atoms with E-state index in [1.165, 1.54) is 18.2 Å². The van der Waals surface area contributed by atoms with E-state index in [4.69, 9.17) is 0 Å². The number of imide groups is 1. The first-order valence-electron chi connectivity index (χ1n) is 8.30. The van der Waals surface area contributed by atoms with E-state index in [0.29, 0.717) is 4.90 Å². The third kappa shape index (κ3) is 2.77. The molecule has 0 radical (unpaired) electrons. The first kappa shape index (κ1) is 18.4. The first-order valence-corrected chi connectivity index (χ1v) is 8.30. The van der Waals surface area contributed by atoms with Crippen molar-refractivity contribution in [3.8, 4) is 11.1 Å². The van der Waals surface area contributed by atoms with Crippen molar-refractivity contribution in [3.05, 3.63) is 88.7 Å². The monoisotopic (exact) mass is 397 g/mol. The van der Waals surface area contributed by atoms with Crippen LogP contribution in [0.1, 0.15) is 31.1 Å². The molecule has 0 bridgehead atoms. The van der Waals surface area contributed by atoms with Gasteiger partial charge in [-0.05, 0) is 42.0 Å². The van der Waals surface area contributed by atoms with Crippen LogP contribution >= 0.6 is 0 Å². The number of benzene rings is 3. The Kier molecular flexibility index (Phi) is 4.19. The lowest BCUT2D eigenvalue weighted by molar-refractivity contribution is 0.0698. The molecule has 1 heterocycles. The van der Waals surface area contributed by atoms with Gasteiger partial charge in [0.05, 0.1) is 22.4 Å². The molecule has 3 aromatic rings. The Bertz CT molecular complexity index is 1190. The van der Waals surface area contributed by atoms with Gasteiger partial charge in [0.1, 0.15) is 0 Å². The van der Waals surface area contributed by atoms with E-state index in [1.807, 2.05) is 0 Å². The molecule has 4 rings (SSSR count). The maximum absolute atomic E-state index is 14.2. The molecular weight excluding hydrogens is 387 g/mol. The van der Waals surface area contributed by atoms with E-state index in [2.05, 4.69) is 0 Å². The number of aromatic carboxylic acids is 1. The van der Waals surface area contributed by atoms with Crippen LogP contribution in [0.3, 0.4) is 0 Å². The molecule has 3 aromatic carbocycles. The maximum atomic E-state index is 14.2. The quantitative estimate of drug-likeness (QED) is 0.529. The van der Waals surface area contributed by atoms with E-state index in [1.54, 1.807) is 12.1 Å². The van der Waals surface area contributed by atoms with E-state index in [0.717, 1.165) is 24.3 Å². The summed E-state index contributed by atoms with van der Waals surface area (Å²) in [4.78, 5) is 37.8. The van der Waals surface area contributed by atoms with Crippen LogP contribution in [0.4, 0.5) is 18.9 Å². The second kappa shape index (κ2) is 6.59. The number of nitrogens with zero attached hydrogens (tertiary/aromatic N) is 1. The first-order chi connectivity index (χ1) is 13.8. The largest absolute Gasteiger partial charge is 0.478 e. The summed E-state index contributed by atoms with van der Waals surface area (Å²) in [6, 6.07) is 11.0. The van der Waals surface area contributed by atoms with Crippen molar-refractivity contribution < 1.29 is 32.7 Å². The van der Waals surface area contributed by atoms with Crippen molar-refractivity contribution in [1.29, 1.82) is 0 Å². The molecule has 0 fully saturated rings. The maximum Gasteiger partial charge on any atom is 0.337 e. The van der Waals surface area contributed by atoms with E-state index >= 15 is 0 Å². The fourth-order valence-electron chi connectivity index (χ4n) is 3.22. The van der Waals surface area contributed by atoms with Crippen LogP contribution in [0.2, 0.25) is 0 Å². The molecule has 0 aliphatic carbocycles. The molecule has 144 valence electrons. The third-order valence-electron chi connectivity index (χ3n) is 4.61. The lowest BCUT2D eigenvalue weighted by atomic mass is 10.0. The van der Waals surface area contributed by atoms with Gasteiger partial charge >= 0.3 is 5.97 Å². The van der Waals surface area contributed by atoms with Crippen molar-refractivity contribution in [2.45, 2.75) is 0 Å². The SMILES string of the molecule is O=C(O)c1ccc(-c2ccc(F)c(F)c2F)cc1N1C(=O)c2ccccc2C1=O. The summed E-state index contributed by atoms with van der Waals surface area (Å²) in [7, 11) is 0. The fraction of sp³-hybridized carbons (Fsp3) is 0. The molecule has 1 aliphatic heterocycles. The lowest BCUT2D eigenvalue weighted by Gasteiger charge is -2.18. The summed E-state index contributed by atoms with van der Waals surface area (Å²) in [6.07, 6.45) is 0. The van der Waals surface area contributed by atoms with E-state index in [9.17, 15) is 32.7 Å². The van der Waals surface area contributed by atoms with Gasteiger partial charge in [-0.2, -0.15) is 0 Å². The van der Waals surface area contributed by atoms with Crippen LogP contribution in [-0.4, -0.2) is 22.9 Å². The number of halogens is 3. The van der Waals surface area contributed by atoms with E-state index < -0.39 is 35.2 Å². The Hall–Kier alpha value is -3.94. The van der Waals surface area contributed by atoms with Crippen molar-refractivity contribution in [2.24, 2.45) is 0 Å². The van der Waals surface area contributed by atoms with Crippen LogP contribution in [0.15, 0.2) is 54.6 Å². The number of fused-ring (bicyclic) bond motifs is 1. The van der Waals surface area contributed by atoms with Gasteiger partial charge in [-0.3, -0.25) is 9.59 Å². The summed E-state index contributed by atoms with van der Waals surface area (Å²) in [6.45, 7) is 0. The zero-order valence-electron chi connectivity index (χ0n) is 14.4. The lowest BCUT2D eigenvalue weighted by Crippen LogP contribution is -2.31. The molecule has 1 aliphatic rings. The summed E-state index contributed by atoms with van der Waals surface area (Å²) in [5.41, 5.74) is -0.871. The van der Waals surface area contributed by atoms with Gasteiger partial charge in [0.2, 0.25) is 0 Å². The van der Waals surface area contributed by atoms with Crippen LogP contribution < -0.4 is 4.90 Å². The molecule has 0 unspecified atom stereocenters. The number of hydrogen-bond acceptors (Lipinski definition) is 3. The second-order valence-electron chi connectivity index (χ2n) is 6.25. The Labute approximate surface area is 161 Å². The molecule has 0 spiro atoms. The molecule has 1 N–H and O–H groups in total. The third-order valence-corrected chi connectivity index (χ3v) is 4.61. The minimum atomic E-state index is -1.69. The van der Waals surface area contributed by atoms with Gasteiger partial charge in [-0.25, -0.2) is 22.9 Å². The molecule has 8 heteroatoms. The Morgan fingerprint density at radius 3 is 2.00 bits per heavy atom. The molecule has 0 atom stereocenters. The molecule has 0 saturated heterocycles. The number of carbonyl (C=O) groups is 3. The molecule has 0 saturated carbocycles. The second-order valence-corrected chi connectivity index (χ2v) is 6.25. The zero-order chi connectivity index (χ0) is 20.9. The summed E-state index contributed by atoms with van der Waals surface area (Å²) in [5.74, 6) is -7.44. The fourth-order valence-corrected chi connectivity index (χ4v) is 3.22. The highest BCUT2D eigenvalue weighted by molar-refractivity contribution is 6.35. The molecule has 5 nitrogen and oxygen atoms in total. The van der Waals surface area contributed by atoms with Crippen LogP contribution in [0.25, 0.3) is 11.1 Å². The number of carbonyl (C=O) groups excluding carboxylic acids is 2. The highest BCUT2D eigenvalue weighted by Crippen LogP contribution is 2.35. The average Bonchev–Trinajstić information content (AvgIpc) is 2.96. The van der Waals surface area contributed by atoms with Crippen molar-refractivity contribution in [1.82, 2.24) is 0 Å². The molecule has 2 amide bonds.